The Bertz CT molecular complexity index is 1870. The quantitative estimate of drug-likeness (QED) is 0.251. The third-order valence-electron chi connectivity index (χ3n) is 7.90. The van der Waals surface area contributed by atoms with Gasteiger partial charge in [-0.15, -0.1) is 0 Å². The molecular formula is C35H23N3. The summed E-state index contributed by atoms with van der Waals surface area (Å²) in [7, 11) is 0. The van der Waals surface area contributed by atoms with E-state index in [-0.39, 0.29) is 5.92 Å². The van der Waals surface area contributed by atoms with E-state index in [2.05, 4.69) is 124 Å². The summed E-state index contributed by atoms with van der Waals surface area (Å²) in [6.45, 7) is 0. The van der Waals surface area contributed by atoms with E-state index in [9.17, 15) is 0 Å². The number of hydrogen-bond acceptors (Lipinski definition) is 2. The van der Waals surface area contributed by atoms with Crippen LogP contribution in [0.4, 0.5) is 0 Å². The number of para-hydroxylation sites is 1. The molecule has 4 aromatic carbocycles. The molecule has 0 N–H and O–H groups in total. The van der Waals surface area contributed by atoms with E-state index < -0.39 is 0 Å². The molecule has 0 bridgehead atoms. The lowest BCUT2D eigenvalue weighted by Crippen LogP contribution is -1.99. The molecule has 0 saturated carbocycles. The monoisotopic (exact) mass is 485 g/mol. The van der Waals surface area contributed by atoms with Gasteiger partial charge in [0.2, 0.25) is 0 Å². The highest BCUT2D eigenvalue weighted by Crippen LogP contribution is 2.47. The van der Waals surface area contributed by atoms with Crippen LogP contribution in [-0.2, 0) is 0 Å². The van der Waals surface area contributed by atoms with Gasteiger partial charge in [0.25, 0.3) is 0 Å². The SMILES string of the molecule is c1ccc2c(c1)-c1cnccc1C2c1ccc(-c2ccc(-n3c4ccccc4c4cnccc43)cc2)cc1. The largest absolute Gasteiger partial charge is 0.309 e. The van der Waals surface area contributed by atoms with Crippen molar-refractivity contribution in [1.29, 1.82) is 0 Å². The van der Waals surface area contributed by atoms with Gasteiger partial charge >= 0.3 is 0 Å². The molecule has 1 unspecified atom stereocenters. The fraction of sp³-hybridized carbons (Fsp3) is 0.0286. The van der Waals surface area contributed by atoms with Crippen molar-refractivity contribution in [3.05, 3.63) is 151 Å². The number of benzene rings is 4. The molecule has 0 saturated heterocycles. The van der Waals surface area contributed by atoms with Crippen LogP contribution in [0.3, 0.4) is 0 Å². The summed E-state index contributed by atoms with van der Waals surface area (Å²) in [4.78, 5) is 8.76. The first-order valence-corrected chi connectivity index (χ1v) is 12.9. The first kappa shape index (κ1) is 21.1. The zero-order valence-electron chi connectivity index (χ0n) is 20.6. The van der Waals surface area contributed by atoms with E-state index >= 15 is 0 Å². The van der Waals surface area contributed by atoms with Crippen LogP contribution in [0.25, 0.3) is 49.7 Å². The van der Waals surface area contributed by atoms with Crippen molar-refractivity contribution in [3.8, 4) is 27.9 Å². The van der Waals surface area contributed by atoms with Crippen LogP contribution < -0.4 is 0 Å². The molecule has 3 heterocycles. The number of hydrogen-bond donors (Lipinski definition) is 0. The van der Waals surface area contributed by atoms with Gasteiger partial charge in [-0.1, -0.05) is 78.9 Å². The van der Waals surface area contributed by atoms with Crippen molar-refractivity contribution in [2.45, 2.75) is 5.92 Å². The van der Waals surface area contributed by atoms with Crippen molar-refractivity contribution in [2.24, 2.45) is 0 Å². The summed E-state index contributed by atoms with van der Waals surface area (Å²) in [5.74, 6) is 0.241. The maximum absolute atomic E-state index is 4.39. The summed E-state index contributed by atoms with van der Waals surface area (Å²) in [6.07, 6.45) is 7.73. The fourth-order valence-corrected chi connectivity index (χ4v) is 6.17. The van der Waals surface area contributed by atoms with Gasteiger partial charge in [-0.05, 0) is 63.7 Å². The predicted octanol–water partition coefficient (Wildman–Crippen LogP) is 8.40. The summed E-state index contributed by atoms with van der Waals surface area (Å²) in [5.41, 5.74) is 12.5. The van der Waals surface area contributed by atoms with Crippen LogP contribution in [0.15, 0.2) is 134 Å². The summed E-state index contributed by atoms with van der Waals surface area (Å²) in [5, 5.41) is 2.40. The highest BCUT2D eigenvalue weighted by molar-refractivity contribution is 6.08. The molecule has 0 fully saturated rings. The average molecular weight is 486 g/mol. The molecule has 7 aromatic rings. The van der Waals surface area contributed by atoms with Crippen molar-refractivity contribution < 1.29 is 0 Å². The summed E-state index contributed by atoms with van der Waals surface area (Å²) in [6, 6.07) is 39.4. The Morgan fingerprint density at radius 1 is 0.500 bits per heavy atom. The highest BCUT2D eigenvalue weighted by atomic mass is 15.0. The van der Waals surface area contributed by atoms with Gasteiger partial charge in [0.1, 0.15) is 0 Å². The predicted molar refractivity (Wildman–Crippen MR) is 155 cm³/mol. The number of nitrogens with zero attached hydrogens (tertiary/aromatic N) is 3. The van der Waals surface area contributed by atoms with E-state index in [4.69, 9.17) is 0 Å². The molecule has 0 radical (unpaired) electrons. The lowest BCUT2D eigenvalue weighted by Gasteiger charge is -2.15. The second-order valence-corrected chi connectivity index (χ2v) is 9.90. The zero-order valence-corrected chi connectivity index (χ0v) is 20.6. The third-order valence-corrected chi connectivity index (χ3v) is 7.90. The standard InChI is InChI=1S/C35H23N3/c1-2-7-29-27(5-1)31-21-36-19-17-30(31)35(29)25-11-9-23(10-12-25)24-13-15-26(16-14-24)38-33-8-4-3-6-28(33)32-22-37-20-18-34(32)38/h1-22,35H. The molecular weight excluding hydrogens is 462 g/mol. The van der Waals surface area contributed by atoms with Gasteiger partial charge in [-0.3, -0.25) is 9.97 Å². The Kier molecular flexibility index (Phi) is 4.58. The van der Waals surface area contributed by atoms with Crippen molar-refractivity contribution in [1.82, 2.24) is 14.5 Å². The normalized spacial score (nSPS) is 14.1. The van der Waals surface area contributed by atoms with E-state index in [0.717, 1.165) is 5.69 Å². The zero-order chi connectivity index (χ0) is 25.1. The van der Waals surface area contributed by atoms with Crippen LogP contribution in [0, 0.1) is 0 Å². The van der Waals surface area contributed by atoms with E-state index in [1.54, 1.807) is 0 Å². The molecule has 0 spiro atoms. The Morgan fingerprint density at radius 2 is 1.16 bits per heavy atom. The molecule has 38 heavy (non-hydrogen) atoms. The number of rotatable bonds is 3. The lowest BCUT2D eigenvalue weighted by atomic mass is 9.89. The Labute approximate surface area is 220 Å². The van der Waals surface area contributed by atoms with Gasteiger partial charge in [-0.25, -0.2) is 0 Å². The number of pyridine rings is 2. The summed E-state index contributed by atoms with van der Waals surface area (Å²) >= 11 is 0. The molecule has 0 amide bonds. The Hall–Kier alpha value is -5.02. The Balaban J connectivity index is 1.16. The highest BCUT2D eigenvalue weighted by Gasteiger charge is 2.29. The molecule has 3 heteroatoms. The lowest BCUT2D eigenvalue weighted by molar-refractivity contribution is 1.01. The topological polar surface area (TPSA) is 30.7 Å². The van der Waals surface area contributed by atoms with Gasteiger partial charge in [0, 0.05) is 52.7 Å². The fourth-order valence-electron chi connectivity index (χ4n) is 6.17. The maximum Gasteiger partial charge on any atom is 0.0571 e. The van der Waals surface area contributed by atoms with Crippen LogP contribution in [-0.4, -0.2) is 14.5 Å². The smallest absolute Gasteiger partial charge is 0.0571 e. The van der Waals surface area contributed by atoms with Crippen molar-refractivity contribution in [2.75, 3.05) is 0 Å². The van der Waals surface area contributed by atoms with Crippen LogP contribution >= 0.6 is 0 Å². The first-order chi connectivity index (χ1) is 18.9. The third kappa shape index (κ3) is 3.09. The number of aromatic nitrogens is 3. The molecule has 1 aliphatic carbocycles. The molecule has 178 valence electrons. The summed E-state index contributed by atoms with van der Waals surface area (Å²) < 4.78 is 2.32. The first-order valence-electron chi connectivity index (χ1n) is 12.9. The van der Waals surface area contributed by atoms with Crippen LogP contribution in [0.5, 0.6) is 0 Å². The average Bonchev–Trinajstić information content (AvgIpc) is 3.51. The van der Waals surface area contributed by atoms with E-state index in [1.165, 1.54) is 60.8 Å². The molecule has 1 aliphatic rings. The van der Waals surface area contributed by atoms with E-state index in [1.807, 2.05) is 24.8 Å². The van der Waals surface area contributed by atoms with Crippen molar-refractivity contribution in [3.63, 3.8) is 0 Å². The van der Waals surface area contributed by atoms with Gasteiger partial charge in [-0.2, -0.15) is 0 Å². The minimum Gasteiger partial charge on any atom is -0.309 e. The Morgan fingerprint density at radius 3 is 2.03 bits per heavy atom. The van der Waals surface area contributed by atoms with E-state index in [0.29, 0.717) is 0 Å². The molecule has 8 rings (SSSR count). The van der Waals surface area contributed by atoms with Gasteiger partial charge in [0.05, 0.1) is 11.0 Å². The van der Waals surface area contributed by atoms with Crippen molar-refractivity contribution >= 4 is 21.8 Å². The molecule has 3 aromatic heterocycles. The van der Waals surface area contributed by atoms with Gasteiger partial charge in [0.15, 0.2) is 0 Å². The van der Waals surface area contributed by atoms with Gasteiger partial charge < -0.3 is 4.57 Å². The van der Waals surface area contributed by atoms with Crippen LogP contribution in [0.2, 0.25) is 0 Å². The molecule has 3 nitrogen and oxygen atoms in total. The number of fused-ring (bicyclic) bond motifs is 6. The minimum absolute atomic E-state index is 0.241. The maximum atomic E-state index is 4.39. The minimum atomic E-state index is 0.241. The second-order valence-electron chi connectivity index (χ2n) is 9.90. The molecule has 0 aliphatic heterocycles. The molecule has 1 atom stereocenters. The second kappa shape index (κ2) is 8.25. The van der Waals surface area contributed by atoms with Crippen LogP contribution in [0.1, 0.15) is 22.6 Å².